The van der Waals surface area contributed by atoms with Crippen molar-refractivity contribution in [2.75, 3.05) is 29.1 Å². The molecule has 34 heavy (non-hydrogen) atoms. The second-order valence-electron chi connectivity index (χ2n) is 8.55. The van der Waals surface area contributed by atoms with Crippen LogP contribution in [0.3, 0.4) is 0 Å². The van der Waals surface area contributed by atoms with Gasteiger partial charge in [0.2, 0.25) is 5.88 Å². The molecule has 5 rings (SSSR count). The number of nitriles is 1. The molecule has 0 saturated heterocycles. The fraction of sp³-hybridized carbons (Fsp3) is 0.333. The number of carboxylic acid groups (broad SMARTS) is 1. The number of hydrogen-bond acceptors (Lipinski definition) is 7. The highest BCUT2D eigenvalue weighted by atomic mass is 19.1. The number of nitrogen functional groups attached to an aromatic ring is 1. The van der Waals surface area contributed by atoms with Crippen LogP contribution in [0.15, 0.2) is 24.5 Å². The first-order chi connectivity index (χ1) is 16.4. The van der Waals surface area contributed by atoms with Crippen molar-refractivity contribution >= 4 is 34.1 Å². The maximum absolute atomic E-state index is 15.4. The van der Waals surface area contributed by atoms with Gasteiger partial charge in [0.05, 0.1) is 23.7 Å². The van der Waals surface area contributed by atoms with Crippen LogP contribution in [0.25, 0.3) is 21.9 Å². The van der Waals surface area contributed by atoms with E-state index >= 15 is 4.39 Å². The summed E-state index contributed by atoms with van der Waals surface area (Å²) in [5.74, 6) is -0.353. The smallest absolute Gasteiger partial charge is 0.413 e. The number of ether oxygens (including phenoxy) is 1. The zero-order valence-corrected chi connectivity index (χ0v) is 18.5. The molecule has 1 fully saturated rings. The number of amides is 1. The largest absolute Gasteiger partial charge is 0.474 e. The van der Waals surface area contributed by atoms with E-state index in [4.69, 9.17) is 10.5 Å². The highest BCUT2D eigenvalue weighted by molar-refractivity contribution is 5.99. The average Bonchev–Trinajstić information content (AvgIpc) is 3.30. The summed E-state index contributed by atoms with van der Waals surface area (Å²) in [5.41, 5.74) is 8.35. The molecular formula is C24H23FN6O3. The zero-order chi connectivity index (χ0) is 24.0. The summed E-state index contributed by atoms with van der Waals surface area (Å²) >= 11 is 0. The first-order valence-corrected chi connectivity index (χ1v) is 11.1. The van der Waals surface area contributed by atoms with Crippen molar-refractivity contribution in [1.29, 1.82) is 5.26 Å². The Bertz CT molecular complexity index is 1360. The normalized spacial score (nSPS) is 19.1. The summed E-state index contributed by atoms with van der Waals surface area (Å²) in [6.07, 6.45) is 3.73. The van der Waals surface area contributed by atoms with Crippen molar-refractivity contribution < 1.29 is 19.0 Å². The molecular weight excluding hydrogens is 439 g/mol. The number of aromatic nitrogens is 2. The number of nitrogens with two attached hydrogens (primary N) is 1. The number of nitrogens with one attached hydrogen (secondary N) is 1. The Morgan fingerprint density at radius 2 is 2.15 bits per heavy atom. The molecule has 2 aliphatic rings. The third-order valence-corrected chi connectivity index (χ3v) is 6.65. The van der Waals surface area contributed by atoms with Gasteiger partial charge in [-0.3, -0.25) is 4.90 Å². The van der Waals surface area contributed by atoms with Gasteiger partial charge >= 0.3 is 6.09 Å². The summed E-state index contributed by atoms with van der Waals surface area (Å²) < 4.78 is 21.0. The molecule has 9 nitrogen and oxygen atoms in total. The molecule has 2 atom stereocenters. The molecule has 2 unspecified atom stereocenters. The van der Waals surface area contributed by atoms with Crippen LogP contribution in [0.2, 0.25) is 0 Å². The number of nitrogens with zero attached hydrogens (tertiary/aromatic N) is 4. The van der Waals surface area contributed by atoms with Crippen molar-refractivity contribution in [3.63, 3.8) is 0 Å². The van der Waals surface area contributed by atoms with E-state index in [0.29, 0.717) is 53.9 Å². The van der Waals surface area contributed by atoms with Gasteiger partial charge in [-0.2, -0.15) is 5.26 Å². The minimum absolute atomic E-state index is 0.0782. The predicted molar refractivity (Wildman–Crippen MR) is 125 cm³/mol. The molecule has 1 aromatic carbocycles. The van der Waals surface area contributed by atoms with Crippen LogP contribution in [0.4, 0.5) is 26.4 Å². The minimum atomic E-state index is -1.19. The summed E-state index contributed by atoms with van der Waals surface area (Å²) in [7, 11) is 0. The SMILES string of the molecule is Cc1c(-c2cc3cc(N(C(=O)O)C4CCCC4C#N)ncc3c(N)c2F)cnc2c1NCCO2. The zero-order valence-electron chi connectivity index (χ0n) is 18.5. The first kappa shape index (κ1) is 21.7. The number of anilines is 3. The van der Waals surface area contributed by atoms with Crippen LogP contribution >= 0.6 is 0 Å². The molecule has 1 amide bonds. The Morgan fingerprint density at radius 3 is 2.91 bits per heavy atom. The number of pyridine rings is 2. The molecule has 0 bridgehead atoms. The third-order valence-electron chi connectivity index (χ3n) is 6.65. The molecule has 1 aliphatic heterocycles. The van der Waals surface area contributed by atoms with Gasteiger partial charge in [0.25, 0.3) is 0 Å². The molecule has 3 heterocycles. The molecule has 10 heteroatoms. The van der Waals surface area contributed by atoms with Crippen molar-refractivity contribution in [2.45, 2.75) is 32.2 Å². The highest BCUT2D eigenvalue weighted by Gasteiger charge is 2.36. The van der Waals surface area contributed by atoms with Gasteiger partial charge in [0, 0.05) is 35.5 Å². The molecule has 2 aromatic heterocycles. The summed E-state index contributed by atoms with van der Waals surface area (Å²) in [6, 6.07) is 4.93. The lowest BCUT2D eigenvalue weighted by Crippen LogP contribution is -2.42. The summed E-state index contributed by atoms with van der Waals surface area (Å²) in [4.78, 5) is 21.9. The van der Waals surface area contributed by atoms with E-state index in [2.05, 4.69) is 21.4 Å². The highest BCUT2D eigenvalue weighted by Crippen LogP contribution is 2.40. The predicted octanol–water partition coefficient (Wildman–Crippen LogP) is 4.31. The number of hydrogen-bond donors (Lipinski definition) is 3. The van der Waals surface area contributed by atoms with E-state index in [0.717, 1.165) is 16.9 Å². The van der Waals surface area contributed by atoms with E-state index in [-0.39, 0.29) is 17.1 Å². The van der Waals surface area contributed by atoms with Gasteiger partial charge < -0.3 is 20.9 Å². The number of fused-ring (bicyclic) bond motifs is 2. The molecule has 1 saturated carbocycles. The van der Waals surface area contributed by atoms with Gasteiger partial charge in [-0.25, -0.2) is 19.2 Å². The van der Waals surface area contributed by atoms with Crippen LogP contribution in [0, 0.1) is 30.0 Å². The Morgan fingerprint density at radius 1 is 1.32 bits per heavy atom. The second-order valence-corrected chi connectivity index (χ2v) is 8.55. The van der Waals surface area contributed by atoms with Crippen LogP contribution in [0.1, 0.15) is 24.8 Å². The fourth-order valence-corrected chi connectivity index (χ4v) is 4.92. The van der Waals surface area contributed by atoms with Gasteiger partial charge in [-0.15, -0.1) is 0 Å². The van der Waals surface area contributed by atoms with Crippen molar-refractivity contribution in [1.82, 2.24) is 9.97 Å². The first-order valence-electron chi connectivity index (χ1n) is 11.1. The number of halogens is 1. The van der Waals surface area contributed by atoms with Gasteiger partial charge in [0.1, 0.15) is 18.1 Å². The molecule has 0 radical (unpaired) electrons. The van der Waals surface area contributed by atoms with E-state index in [1.807, 2.05) is 6.92 Å². The lowest BCUT2D eigenvalue weighted by molar-refractivity contribution is 0.197. The molecule has 4 N–H and O–H groups in total. The molecule has 3 aromatic rings. The van der Waals surface area contributed by atoms with Crippen LogP contribution in [-0.4, -0.2) is 40.4 Å². The maximum atomic E-state index is 15.4. The van der Waals surface area contributed by atoms with Crippen molar-refractivity contribution in [3.8, 4) is 23.1 Å². The monoisotopic (exact) mass is 462 g/mol. The van der Waals surface area contributed by atoms with Gasteiger partial charge in [-0.05, 0) is 49.3 Å². The van der Waals surface area contributed by atoms with Gasteiger partial charge in [0.15, 0.2) is 5.82 Å². The Labute approximate surface area is 195 Å². The molecule has 1 aliphatic carbocycles. The van der Waals surface area contributed by atoms with Crippen LogP contribution in [-0.2, 0) is 0 Å². The van der Waals surface area contributed by atoms with Crippen LogP contribution < -0.4 is 20.7 Å². The number of benzene rings is 1. The van der Waals surface area contributed by atoms with Crippen molar-refractivity contribution in [2.24, 2.45) is 5.92 Å². The Kier molecular flexibility index (Phi) is 5.32. The van der Waals surface area contributed by atoms with E-state index in [1.165, 1.54) is 6.20 Å². The van der Waals surface area contributed by atoms with Crippen LogP contribution in [0.5, 0.6) is 5.88 Å². The topological polar surface area (TPSA) is 137 Å². The summed E-state index contributed by atoms with van der Waals surface area (Å²) in [6.45, 7) is 2.97. The third kappa shape index (κ3) is 3.41. The molecule has 0 spiro atoms. The quantitative estimate of drug-likeness (QED) is 0.490. The number of carbonyl (C=O) groups is 1. The maximum Gasteiger partial charge on any atom is 0.413 e. The lowest BCUT2D eigenvalue weighted by Gasteiger charge is -2.27. The average molecular weight is 462 g/mol. The van der Waals surface area contributed by atoms with Crippen molar-refractivity contribution in [3.05, 3.63) is 35.9 Å². The summed E-state index contributed by atoms with van der Waals surface area (Å²) in [5, 5.41) is 23.5. The number of rotatable bonds is 3. The van der Waals surface area contributed by atoms with E-state index in [1.54, 1.807) is 18.3 Å². The minimum Gasteiger partial charge on any atom is -0.474 e. The molecule has 174 valence electrons. The van der Waals surface area contributed by atoms with E-state index < -0.39 is 23.9 Å². The Hall–Kier alpha value is -4.13. The standard InChI is InChI=1S/C24H23FN6O3/c1-12-16(10-30-23-22(12)28-5-6-34-23)15-7-14-8-19(29-11-17(14)21(27)20(15)25)31(24(32)33)18-4-2-3-13(18)9-26/h7-8,10-11,13,18,28H,2-6,27H2,1H3,(H,32,33). The fourth-order valence-electron chi connectivity index (χ4n) is 4.92. The lowest BCUT2D eigenvalue weighted by atomic mass is 9.97. The second kappa shape index (κ2) is 8.33. The Balaban J connectivity index is 1.65. The van der Waals surface area contributed by atoms with E-state index in [9.17, 15) is 15.2 Å². The van der Waals surface area contributed by atoms with Gasteiger partial charge in [-0.1, -0.05) is 0 Å².